The Labute approximate surface area is 128 Å². The van der Waals surface area contributed by atoms with E-state index in [-0.39, 0.29) is 11.8 Å². The smallest absolute Gasteiger partial charge is 0.222 e. The molecule has 0 radical (unpaired) electrons. The van der Waals surface area contributed by atoms with Gasteiger partial charge < -0.3 is 14.8 Å². The molecule has 2 aliphatic heterocycles. The minimum atomic E-state index is 0.0649. The van der Waals surface area contributed by atoms with Crippen LogP contribution in [0.5, 0.6) is 0 Å². The lowest BCUT2D eigenvalue weighted by atomic mass is 10.0. The van der Waals surface area contributed by atoms with Gasteiger partial charge in [-0.1, -0.05) is 13.8 Å². The Balaban J connectivity index is 1.58. The molecule has 21 heavy (non-hydrogen) atoms. The van der Waals surface area contributed by atoms with Crippen molar-refractivity contribution in [2.45, 2.75) is 51.7 Å². The molecule has 0 aromatic rings. The molecule has 1 N–H and O–H groups in total. The van der Waals surface area contributed by atoms with Crippen LogP contribution in [0.4, 0.5) is 0 Å². The number of rotatable bonds is 7. The fourth-order valence-corrected chi connectivity index (χ4v) is 2.93. The summed E-state index contributed by atoms with van der Waals surface area (Å²) in [5.74, 6) is 0.228. The first-order valence-electron chi connectivity index (χ1n) is 8.37. The van der Waals surface area contributed by atoms with Crippen LogP contribution in [0, 0.1) is 5.92 Å². The number of hydrogen-bond acceptors (Lipinski definition) is 4. The van der Waals surface area contributed by atoms with Crippen molar-refractivity contribution in [1.82, 2.24) is 10.2 Å². The molecule has 0 unspecified atom stereocenters. The second kappa shape index (κ2) is 8.71. The number of hydrogen-bond donors (Lipinski definition) is 1. The second-order valence-electron chi connectivity index (χ2n) is 6.51. The number of nitrogens with one attached hydrogen (secondary N) is 1. The highest BCUT2D eigenvalue weighted by Crippen LogP contribution is 2.13. The fourth-order valence-electron chi connectivity index (χ4n) is 2.93. The lowest BCUT2D eigenvalue weighted by molar-refractivity contribution is -0.125. The molecule has 5 heteroatoms. The van der Waals surface area contributed by atoms with Crippen LogP contribution in [0.1, 0.15) is 39.5 Å². The quantitative estimate of drug-likeness (QED) is 0.722. The van der Waals surface area contributed by atoms with E-state index in [4.69, 9.17) is 9.47 Å². The molecule has 2 saturated heterocycles. The SMILES string of the molecule is CC(C)C(=O)N[C@H]1CCCN(CCOC[C@@H]2CCCO2)C1. The van der Waals surface area contributed by atoms with Gasteiger partial charge in [-0.15, -0.1) is 0 Å². The third-order valence-corrected chi connectivity index (χ3v) is 4.26. The van der Waals surface area contributed by atoms with Gasteiger partial charge in [0.2, 0.25) is 5.91 Å². The summed E-state index contributed by atoms with van der Waals surface area (Å²) in [5, 5.41) is 3.14. The zero-order valence-electron chi connectivity index (χ0n) is 13.5. The van der Waals surface area contributed by atoms with E-state index >= 15 is 0 Å². The molecule has 2 aliphatic rings. The van der Waals surface area contributed by atoms with Crippen LogP contribution in [-0.4, -0.2) is 62.4 Å². The predicted octanol–water partition coefficient (Wildman–Crippen LogP) is 1.42. The van der Waals surface area contributed by atoms with Crippen molar-refractivity contribution < 1.29 is 14.3 Å². The molecule has 0 aliphatic carbocycles. The molecule has 1 amide bonds. The fraction of sp³-hybridized carbons (Fsp3) is 0.938. The topological polar surface area (TPSA) is 50.8 Å². The van der Waals surface area contributed by atoms with Crippen LogP contribution >= 0.6 is 0 Å². The second-order valence-corrected chi connectivity index (χ2v) is 6.51. The van der Waals surface area contributed by atoms with E-state index in [1.165, 1.54) is 0 Å². The van der Waals surface area contributed by atoms with E-state index in [2.05, 4.69) is 10.2 Å². The average molecular weight is 298 g/mol. The van der Waals surface area contributed by atoms with Crippen LogP contribution < -0.4 is 5.32 Å². The predicted molar refractivity (Wildman–Crippen MR) is 82.2 cm³/mol. The zero-order valence-corrected chi connectivity index (χ0v) is 13.5. The van der Waals surface area contributed by atoms with Gasteiger partial charge in [-0.2, -0.15) is 0 Å². The first-order valence-corrected chi connectivity index (χ1v) is 8.37. The molecule has 122 valence electrons. The summed E-state index contributed by atoms with van der Waals surface area (Å²) >= 11 is 0. The largest absolute Gasteiger partial charge is 0.377 e. The maximum atomic E-state index is 11.8. The number of carbonyl (C=O) groups is 1. The van der Waals surface area contributed by atoms with Crippen LogP contribution in [0.15, 0.2) is 0 Å². The summed E-state index contributed by atoms with van der Waals surface area (Å²) in [6.07, 6.45) is 4.84. The zero-order chi connectivity index (χ0) is 15.1. The van der Waals surface area contributed by atoms with Gasteiger partial charge in [-0.25, -0.2) is 0 Å². The van der Waals surface area contributed by atoms with Gasteiger partial charge >= 0.3 is 0 Å². The van der Waals surface area contributed by atoms with E-state index in [9.17, 15) is 4.79 Å². The van der Waals surface area contributed by atoms with E-state index in [1.807, 2.05) is 13.8 Å². The standard InChI is InChI=1S/C16H30N2O3/c1-13(2)16(19)17-14-5-3-7-18(11-14)8-10-20-12-15-6-4-9-21-15/h13-15H,3-12H2,1-2H3,(H,17,19)/t14-,15-/m0/s1. The molecular weight excluding hydrogens is 268 g/mol. The third kappa shape index (κ3) is 5.93. The number of amides is 1. The van der Waals surface area contributed by atoms with Crippen molar-refractivity contribution in [2.75, 3.05) is 39.5 Å². The van der Waals surface area contributed by atoms with E-state index in [0.29, 0.717) is 12.1 Å². The van der Waals surface area contributed by atoms with Crippen molar-refractivity contribution in [2.24, 2.45) is 5.92 Å². The number of piperidine rings is 1. The maximum absolute atomic E-state index is 11.8. The molecule has 0 saturated carbocycles. The van der Waals surface area contributed by atoms with Gasteiger partial charge in [0.25, 0.3) is 0 Å². The van der Waals surface area contributed by atoms with Gasteiger partial charge in [0.15, 0.2) is 0 Å². The maximum Gasteiger partial charge on any atom is 0.222 e. The van der Waals surface area contributed by atoms with Crippen molar-refractivity contribution >= 4 is 5.91 Å². The van der Waals surface area contributed by atoms with Gasteiger partial charge in [0.05, 0.1) is 19.3 Å². The molecule has 0 spiro atoms. The highest BCUT2D eigenvalue weighted by atomic mass is 16.5. The number of likely N-dealkylation sites (tertiary alicyclic amines) is 1. The van der Waals surface area contributed by atoms with Gasteiger partial charge in [0.1, 0.15) is 0 Å². The summed E-state index contributed by atoms with van der Waals surface area (Å²) in [4.78, 5) is 14.1. The summed E-state index contributed by atoms with van der Waals surface area (Å²) in [6.45, 7) is 9.24. The molecule has 2 fully saturated rings. The molecule has 0 aromatic heterocycles. The van der Waals surface area contributed by atoms with Crippen molar-refractivity contribution in [1.29, 1.82) is 0 Å². The van der Waals surface area contributed by atoms with Crippen LogP contribution in [0.25, 0.3) is 0 Å². The molecule has 2 rings (SSSR count). The third-order valence-electron chi connectivity index (χ3n) is 4.26. The first kappa shape index (κ1) is 16.7. The van der Waals surface area contributed by atoms with Crippen molar-refractivity contribution in [3.8, 4) is 0 Å². The molecule has 0 aromatic carbocycles. The monoisotopic (exact) mass is 298 g/mol. The van der Waals surface area contributed by atoms with Crippen LogP contribution in [0.2, 0.25) is 0 Å². The van der Waals surface area contributed by atoms with E-state index in [1.54, 1.807) is 0 Å². The van der Waals surface area contributed by atoms with Crippen LogP contribution in [-0.2, 0) is 14.3 Å². The summed E-state index contributed by atoms with van der Waals surface area (Å²) in [6, 6.07) is 0.298. The lowest BCUT2D eigenvalue weighted by Crippen LogP contribution is -2.49. The number of ether oxygens (including phenoxy) is 2. The average Bonchev–Trinajstić information content (AvgIpc) is 2.97. The highest BCUT2D eigenvalue weighted by Gasteiger charge is 2.22. The Morgan fingerprint density at radius 1 is 1.38 bits per heavy atom. The molecule has 2 atom stereocenters. The summed E-state index contributed by atoms with van der Waals surface area (Å²) in [5.41, 5.74) is 0. The Hall–Kier alpha value is -0.650. The molecule has 0 bridgehead atoms. The number of carbonyl (C=O) groups excluding carboxylic acids is 1. The number of nitrogens with zero attached hydrogens (tertiary/aromatic N) is 1. The van der Waals surface area contributed by atoms with Gasteiger partial charge in [-0.3, -0.25) is 9.69 Å². The molecular formula is C16H30N2O3. The van der Waals surface area contributed by atoms with Crippen molar-refractivity contribution in [3.63, 3.8) is 0 Å². The minimum Gasteiger partial charge on any atom is -0.377 e. The first-order chi connectivity index (χ1) is 10.1. The Morgan fingerprint density at radius 2 is 2.24 bits per heavy atom. The summed E-state index contributed by atoms with van der Waals surface area (Å²) < 4.78 is 11.3. The highest BCUT2D eigenvalue weighted by molar-refractivity contribution is 5.78. The Bertz CT molecular complexity index is 317. The molecule has 5 nitrogen and oxygen atoms in total. The summed E-state index contributed by atoms with van der Waals surface area (Å²) in [7, 11) is 0. The van der Waals surface area contributed by atoms with Crippen molar-refractivity contribution in [3.05, 3.63) is 0 Å². The lowest BCUT2D eigenvalue weighted by Gasteiger charge is -2.33. The van der Waals surface area contributed by atoms with Crippen LogP contribution in [0.3, 0.4) is 0 Å². The van der Waals surface area contributed by atoms with Gasteiger partial charge in [0, 0.05) is 31.7 Å². The minimum absolute atomic E-state index is 0.0649. The van der Waals surface area contributed by atoms with E-state index in [0.717, 1.165) is 65.1 Å². The Kier molecular flexibility index (Phi) is 6.93. The van der Waals surface area contributed by atoms with E-state index < -0.39 is 0 Å². The van der Waals surface area contributed by atoms with Gasteiger partial charge in [-0.05, 0) is 32.2 Å². The molecule has 2 heterocycles. The Morgan fingerprint density at radius 3 is 2.95 bits per heavy atom. The normalized spacial score (nSPS) is 27.2.